The molecule has 3 rings (SSSR count). The number of methoxy groups -OCH3 is 1. The van der Waals surface area contributed by atoms with Crippen LogP contribution < -0.4 is 10.5 Å². The number of benzene rings is 1. The fourth-order valence-electron chi connectivity index (χ4n) is 2.11. The molecule has 0 radical (unpaired) electrons. The molecule has 0 fully saturated rings. The topological polar surface area (TPSA) is 66.2 Å². The Morgan fingerprint density at radius 1 is 1.20 bits per heavy atom. The minimum absolute atomic E-state index is 0.575. The predicted molar refractivity (Wildman–Crippen MR) is 77.0 cm³/mol. The first-order valence-electron chi connectivity index (χ1n) is 6.23. The van der Waals surface area contributed by atoms with Crippen molar-refractivity contribution in [3.63, 3.8) is 0 Å². The quantitative estimate of drug-likeness (QED) is 0.793. The molecule has 102 valence electrons. The monoisotopic (exact) mass is 269 g/mol. The molecular formula is C15H15N3O2. The van der Waals surface area contributed by atoms with Gasteiger partial charge in [-0.05, 0) is 37.3 Å². The molecule has 0 atom stereocenters. The Morgan fingerprint density at radius 3 is 2.55 bits per heavy atom. The van der Waals surface area contributed by atoms with E-state index in [0.717, 1.165) is 28.5 Å². The highest BCUT2D eigenvalue weighted by molar-refractivity contribution is 5.65. The minimum Gasteiger partial charge on any atom is -0.497 e. The van der Waals surface area contributed by atoms with E-state index in [2.05, 4.69) is 5.10 Å². The van der Waals surface area contributed by atoms with Gasteiger partial charge in [0.2, 0.25) is 0 Å². The van der Waals surface area contributed by atoms with Gasteiger partial charge in [-0.3, -0.25) is 0 Å². The van der Waals surface area contributed by atoms with Crippen LogP contribution in [-0.4, -0.2) is 16.9 Å². The summed E-state index contributed by atoms with van der Waals surface area (Å²) in [6, 6.07) is 11.3. The Balaban J connectivity index is 2.02. The minimum atomic E-state index is 0.575. The average Bonchev–Trinajstić information content (AvgIpc) is 3.05. The number of hydrogen-bond donors (Lipinski definition) is 1. The molecule has 0 aliphatic rings. The summed E-state index contributed by atoms with van der Waals surface area (Å²) in [6.07, 6.45) is 1.65. The van der Waals surface area contributed by atoms with Gasteiger partial charge in [0.1, 0.15) is 17.3 Å². The molecule has 2 heterocycles. The number of nitrogens with zero attached hydrogens (tertiary/aromatic N) is 2. The number of nitrogens with two attached hydrogens (primary N) is 1. The van der Waals surface area contributed by atoms with Crippen LogP contribution in [0.15, 0.2) is 47.1 Å². The van der Waals surface area contributed by atoms with Crippen molar-refractivity contribution in [1.82, 2.24) is 9.78 Å². The van der Waals surface area contributed by atoms with Gasteiger partial charge in [-0.15, -0.1) is 0 Å². The van der Waals surface area contributed by atoms with Gasteiger partial charge >= 0.3 is 0 Å². The highest BCUT2D eigenvalue weighted by Gasteiger charge is 2.12. The molecule has 0 saturated heterocycles. The summed E-state index contributed by atoms with van der Waals surface area (Å²) in [5.41, 5.74) is 8.67. The van der Waals surface area contributed by atoms with Gasteiger partial charge < -0.3 is 14.9 Å². The highest BCUT2D eigenvalue weighted by Crippen LogP contribution is 2.26. The zero-order valence-electron chi connectivity index (χ0n) is 11.3. The molecule has 0 aliphatic heterocycles. The van der Waals surface area contributed by atoms with Crippen LogP contribution in [0, 0.1) is 6.92 Å². The van der Waals surface area contributed by atoms with Crippen LogP contribution in [0.5, 0.6) is 5.75 Å². The van der Waals surface area contributed by atoms with Gasteiger partial charge in [0.05, 0.1) is 24.8 Å². The third kappa shape index (κ3) is 2.03. The third-order valence-electron chi connectivity index (χ3n) is 3.19. The van der Waals surface area contributed by atoms with Crippen molar-refractivity contribution in [3.05, 3.63) is 48.4 Å². The first-order valence-corrected chi connectivity index (χ1v) is 6.23. The van der Waals surface area contributed by atoms with Crippen molar-refractivity contribution >= 4 is 5.82 Å². The van der Waals surface area contributed by atoms with E-state index >= 15 is 0 Å². The number of furan rings is 1. The lowest BCUT2D eigenvalue weighted by Crippen LogP contribution is -2.01. The highest BCUT2D eigenvalue weighted by atomic mass is 16.5. The predicted octanol–water partition coefficient (Wildman–Crippen LogP) is 3.03. The first kappa shape index (κ1) is 12.3. The Kier molecular flexibility index (Phi) is 2.95. The molecule has 1 aromatic carbocycles. The number of nitrogen functional groups attached to an aromatic ring is 1. The second-order valence-corrected chi connectivity index (χ2v) is 4.45. The summed E-state index contributed by atoms with van der Waals surface area (Å²) in [4.78, 5) is 0. The second-order valence-electron chi connectivity index (χ2n) is 4.45. The zero-order valence-corrected chi connectivity index (χ0v) is 11.3. The van der Waals surface area contributed by atoms with Crippen molar-refractivity contribution in [1.29, 1.82) is 0 Å². The summed E-state index contributed by atoms with van der Waals surface area (Å²) in [5, 5.41) is 4.53. The van der Waals surface area contributed by atoms with E-state index < -0.39 is 0 Å². The number of anilines is 1. The van der Waals surface area contributed by atoms with E-state index in [1.54, 1.807) is 18.1 Å². The van der Waals surface area contributed by atoms with Crippen molar-refractivity contribution in [2.24, 2.45) is 0 Å². The Hall–Kier alpha value is -2.69. The molecule has 20 heavy (non-hydrogen) atoms. The number of rotatable bonds is 3. The summed E-state index contributed by atoms with van der Waals surface area (Å²) in [6.45, 7) is 1.90. The summed E-state index contributed by atoms with van der Waals surface area (Å²) in [7, 11) is 1.64. The molecule has 0 saturated carbocycles. The lowest BCUT2D eigenvalue weighted by atomic mass is 10.2. The fourth-order valence-corrected chi connectivity index (χ4v) is 2.11. The smallest absolute Gasteiger partial charge is 0.127 e. The molecular weight excluding hydrogens is 254 g/mol. The van der Waals surface area contributed by atoms with E-state index in [0.29, 0.717) is 5.82 Å². The van der Waals surface area contributed by atoms with Crippen LogP contribution >= 0.6 is 0 Å². The molecule has 0 amide bonds. The van der Waals surface area contributed by atoms with Crippen molar-refractivity contribution in [2.45, 2.75) is 6.92 Å². The molecule has 5 nitrogen and oxygen atoms in total. The second kappa shape index (κ2) is 4.77. The number of aromatic nitrogens is 2. The molecule has 0 aliphatic carbocycles. The van der Waals surface area contributed by atoms with Crippen LogP contribution in [0.1, 0.15) is 5.76 Å². The summed E-state index contributed by atoms with van der Waals surface area (Å²) in [5.74, 6) is 2.19. The third-order valence-corrected chi connectivity index (χ3v) is 3.19. The van der Waals surface area contributed by atoms with E-state index in [1.165, 1.54) is 0 Å². The van der Waals surface area contributed by atoms with E-state index in [9.17, 15) is 0 Å². The normalized spacial score (nSPS) is 10.7. The van der Waals surface area contributed by atoms with Gasteiger partial charge in [0.25, 0.3) is 0 Å². The molecule has 2 N–H and O–H groups in total. The van der Waals surface area contributed by atoms with Crippen molar-refractivity contribution < 1.29 is 9.15 Å². The summed E-state index contributed by atoms with van der Waals surface area (Å²) >= 11 is 0. The molecule has 3 aromatic rings. The molecule has 5 heteroatoms. The Morgan fingerprint density at radius 2 is 1.95 bits per heavy atom. The maximum atomic E-state index is 6.04. The van der Waals surface area contributed by atoms with Crippen LogP contribution in [0.3, 0.4) is 0 Å². The van der Waals surface area contributed by atoms with E-state index in [1.807, 2.05) is 43.3 Å². The molecule has 0 spiro atoms. The van der Waals surface area contributed by atoms with Gasteiger partial charge in [-0.1, -0.05) is 0 Å². The van der Waals surface area contributed by atoms with Gasteiger partial charge in [0.15, 0.2) is 0 Å². The Labute approximate surface area is 116 Å². The van der Waals surface area contributed by atoms with Crippen LogP contribution in [0.25, 0.3) is 16.9 Å². The number of hydrogen-bond acceptors (Lipinski definition) is 4. The molecule has 0 unspecified atom stereocenters. The fraction of sp³-hybridized carbons (Fsp3) is 0.133. The lowest BCUT2D eigenvalue weighted by Gasteiger charge is -2.05. The number of aryl methyl sites for hydroxylation is 1. The van der Waals surface area contributed by atoms with E-state index in [4.69, 9.17) is 14.9 Å². The Bertz CT molecular complexity index is 726. The zero-order chi connectivity index (χ0) is 14.1. The molecule has 2 aromatic heterocycles. The lowest BCUT2D eigenvalue weighted by molar-refractivity contribution is 0.414. The van der Waals surface area contributed by atoms with Gasteiger partial charge in [-0.25, -0.2) is 4.68 Å². The van der Waals surface area contributed by atoms with Gasteiger partial charge in [0, 0.05) is 11.6 Å². The van der Waals surface area contributed by atoms with Crippen LogP contribution in [-0.2, 0) is 0 Å². The van der Waals surface area contributed by atoms with E-state index in [-0.39, 0.29) is 0 Å². The van der Waals surface area contributed by atoms with Crippen molar-refractivity contribution in [3.8, 4) is 22.7 Å². The van der Waals surface area contributed by atoms with Crippen LogP contribution in [0.2, 0.25) is 0 Å². The standard InChI is InChI=1S/C15H15N3O2/c1-10-13(7-8-20-10)14-9-15(16)18(17-14)11-3-5-12(19-2)6-4-11/h3-9H,16H2,1-2H3. The first-order chi connectivity index (χ1) is 9.69. The number of ether oxygens (including phenoxy) is 1. The SMILES string of the molecule is COc1ccc(-n2nc(-c3ccoc3C)cc2N)cc1. The average molecular weight is 269 g/mol. The molecule has 0 bridgehead atoms. The maximum absolute atomic E-state index is 6.04. The van der Waals surface area contributed by atoms with Crippen molar-refractivity contribution in [2.75, 3.05) is 12.8 Å². The maximum Gasteiger partial charge on any atom is 0.127 e. The van der Waals surface area contributed by atoms with Gasteiger partial charge in [-0.2, -0.15) is 5.10 Å². The summed E-state index contributed by atoms with van der Waals surface area (Å²) < 4.78 is 12.1. The van der Waals surface area contributed by atoms with Crippen LogP contribution in [0.4, 0.5) is 5.82 Å². The largest absolute Gasteiger partial charge is 0.497 e.